The summed E-state index contributed by atoms with van der Waals surface area (Å²) in [5.74, 6) is 10.0. The maximum atomic E-state index is 13.3. The van der Waals surface area contributed by atoms with Crippen molar-refractivity contribution in [1.29, 1.82) is 0 Å². The van der Waals surface area contributed by atoms with Crippen molar-refractivity contribution in [2.24, 2.45) is 0 Å². The fraction of sp³-hybridized carbons (Fsp3) is 0. The highest BCUT2D eigenvalue weighted by Gasteiger charge is 1.98. The van der Waals surface area contributed by atoms with E-state index in [9.17, 15) is 4.39 Å². The first-order valence-electron chi connectivity index (χ1n) is 5.31. The minimum atomic E-state index is -0.552. The second-order valence-electron chi connectivity index (χ2n) is 3.53. The summed E-state index contributed by atoms with van der Waals surface area (Å²) in [4.78, 5) is 0. The minimum absolute atomic E-state index is 0.117. The van der Waals surface area contributed by atoms with Gasteiger partial charge in [-0.2, -0.15) is 0 Å². The molecule has 0 heterocycles. The lowest BCUT2D eigenvalue weighted by atomic mass is 10.2. The van der Waals surface area contributed by atoms with Gasteiger partial charge in [0.1, 0.15) is 11.6 Å². The molecule has 2 aromatic carbocycles. The van der Waals surface area contributed by atoms with Crippen LogP contribution in [0.25, 0.3) is 0 Å². The zero-order valence-electron chi connectivity index (χ0n) is 9.44. The van der Waals surface area contributed by atoms with Gasteiger partial charge >= 0.3 is 0 Å². The molecule has 0 bridgehead atoms. The van der Waals surface area contributed by atoms with E-state index in [0.717, 1.165) is 11.6 Å². The van der Waals surface area contributed by atoms with Crippen LogP contribution in [0.15, 0.2) is 48.5 Å². The Morgan fingerprint density at radius 2 is 1.61 bits per heavy atom. The van der Waals surface area contributed by atoms with E-state index in [0.29, 0.717) is 0 Å². The van der Waals surface area contributed by atoms with E-state index in [4.69, 9.17) is 5.11 Å². The predicted octanol–water partition coefficient (Wildman–Crippen LogP) is 2.93. The lowest BCUT2D eigenvalue weighted by Crippen LogP contribution is -1.81. The van der Waals surface area contributed by atoms with Crippen molar-refractivity contribution in [3.05, 3.63) is 65.5 Å². The van der Waals surface area contributed by atoms with Gasteiger partial charge in [0.25, 0.3) is 0 Å². The molecule has 0 unspecified atom stereocenters. The van der Waals surface area contributed by atoms with Gasteiger partial charge in [0.15, 0.2) is 0 Å². The molecule has 2 aromatic rings. The maximum absolute atomic E-state index is 13.3. The van der Waals surface area contributed by atoms with Gasteiger partial charge in [0.05, 0.1) is 5.56 Å². The van der Waals surface area contributed by atoms with Crippen LogP contribution in [0.4, 0.5) is 4.39 Å². The third kappa shape index (κ3) is 3.14. The molecular weight excluding hydrogens is 227 g/mol. The molecule has 86 valence electrons. The van der Waals surface area contributed by atoms with E-state index in [1.807, 2.05) is 30.3 Å². The first-order chi connectivity index (χ1) is 8.75. The summed E-state index contributed by atoms with van der Waals surface area (Å²) >= 11 is 0. The Morgan fingerprint density at radius 1 is 0.889 bits per heavy atom. The summed E-state index contributed by atoms with van der Waals surface area (Å²) in [6.07, 6.45) is 0. The number of hydrogen-bond donors (Lipinski definition) is 1. The topological polar surface area (TPSA) is 20.2 Å². The van der Waals surface area contributed by atoms with E-state index in [-0.39, 0.29) is 11.3 Å². The molecule has 2 rings (SSSR count). The van der Waals surface area contributed by atoms with Crippen molar-refractivity contribution in [1.82, 2.24) is 0 Å². The maximum Gasteiger partial charge on any atom is 0.142 e. The fourth-order valence-electron chi connectivity index (χ4n) is 1.33. The number of benzene rings is 2. The molecule has 0 atom stereocenters. The molecule has 0 saturated heterocycles. The van der Waals surface area contributed by atoms with Crippen molar-refractivity contribution in [3.8, 4) is 29.4 Å². The molecule has 0 spiro atoms. The molecule has 0 aromatic heterocycles. The third-order valence-corrected chi connectivity index (χ3v) is 2.19. The van der Waals surface area contributed by atoms with Crippen LogP contribution >= 0.6 is 0 Å². The van der Waals surface area contributed by atoms with E-state index < -0.39 is 5.82 Å². The van der Waals surface area contributed by atoms with Crippen LogP contribution in [-0.4, -0.2) is 5.11 Å². The SMILES string of the molecule is Oc1ccc(C#CC#Cc2ccccc2)c(F)c1. The molecule has 0 amide bonds. The summed E-state index contributed by atoms with van der Waals surface area (Å²) in [6.45, 7) is 0. The van der Waals surface area contributed by atoms with Gasteiger partial charge in [-0.15, -0.1) is 0 Å². The van der Waals surface area contributed by atoms with Crippen molar-refractivity contribution >= 4 is 0 Å². The number of halogens is 1. The highest BCUT2D eigenvalue weighted by molar-refractivity contribution is 5.45. The Bertz CT molecular complexity index is 667. The molecule has 1 N–H and O–H groups in total. The van der Waals surface area contributed by atoms with Crippen LogP contribution in [0, 0.1) is 29.5 Å². The molecule has 0 aliphatic rings. The average Bonchev–Trinajstić information content (AvgIpc) is 2.38. The number of rotatable bonds is 0. The summed E-state index contributed by atoms with van der Waals surface area (Å²) in [5, 5.41) is 9.04. The Morgan fingerprint density at radius 3 is 2.33 bits per heavy atom. The Balaban J connectivity index is 2.17. The first kappa shape index (κ1) is 11.8. The molecule has 2 heteroatoms. The van der Waals surface area contributed by atoms with E-state index >= 15 is 0 Å². The summed E-state index contributed by atoms with van der Waals surface area (Å²) in [6, 6.07) is 13.2. The van der Waals surface area contributed by atoms with Crippen LogP contribution in [0.2, 0.25) is 0 Å². The lowest BCUT2D eigenvalue weighted by molar-refractivity contribution is 0.469. The molecule has 0 fully saturated rings. The number of phenolic OH excluding ortho intramolecular Hbond substituents is 1. The van der Waals surface area contributed by atoms with E-state index in [1.54, 1.807) is 0 Å². The quantitative estimate of drug-likeness (QED) is 0.697. The molecule has 1 nitrogen and oxygen atoms in total. The normalized spacial score (nSPS) is 8.72. The highest BCUT2D eigenvalue weighted by Crippen LogP contribution is 2.13. The molecule has 0 aliphatic heterocycles. The van der Waals surface area contributed by atoms with Crippen LogP contribution in [0.3, 0.4) is 0 Å². The largest absolute Gasteiger partial charge is 0.508 e. The zero-order chi connectivity index (χ0) is 12.8. The van der Waals surface area contributed by atoms with E-state index in [2.05, 4.69) is 23.7 Å². The second kappa shape index (κ2) is 5.57. The highest BCUT2D eigenvalue weighted by atomic mass is 19.1. The van der Waals surface area contributed by atoms with Crippen molar-refractivity contribution in [3.63, 3.8) is 0 Å². The van der Waals surface area contributed by atoms with Crippen LogP contribution in [0.5, 0.6) is 5.75 Å². The van der Waals surface area contributed by atoms with Crippen LogP contribution in [-0.2, 0) is 0 Å². The molecular formula is C16H9FO. The fourth-order valence-corrected chi connectivity index (χ4v) is 1.33. The van der Waals surface area contributed by atoms with E-state index in [1.165, 1.54) is 12.1 Å². The van der Waals surface area contributed by atoms with Crippen molar-refractivity contribution in [2.45, 2.75) is 0 Å². The Hall–Kier alpha value is -2.71. The van der Waals surface area contributed by atoms with Gasteiger partial charge in [-0.25, -0.2) is 4.39 Å². The average molecular weight is 236 g/mol. The number of aromatic hydroxyl groups is 1. The zero-order valence-corrected chi connectivity index (χ0v) is 9.44. The molecule has 18 heavy (non-hydrogen) atoms. The predicted molar refractivity (Wildman–Crippen MR) is 68.3 cm³/mol. The van der Waals surface area contributed by atoms with Gasteiger partial charge in [-0.1, -0.05) is 24.1 Å². The van der Waals surface area contributed by atoms with Gasteiger partial charge in [-0.05, 0) is 42.0 Å². The summed E-state index contributed by atoms with van der Waals surface area (Å²) in [5.41, 5.74) is 1.08. The monoisotopic (exact) mass is 236 g/mol. The summed E-state index contributed by atoms with van der Waals surface area (Å²) < 4.78 is 13.3. The smallest absolute Gasteiger partial charge is 0.142 e. The standard InChI is InChI=1S/C16H9FO/c17-16-12-15(18)11-10-14(16)9-5-4-8-13-6-2-1-3-7-13/h1-3,6-7,10-12,18H. The van der Waals surface area contributed by atoms with Gasteiger partial charge < -0.3 is 5.11 Å². The van der Waals surface area contributed by atoms with Gasteiger partial charge in [0.2, 0.25) is 0 Å². The van der Waals surface area contributed by atoms with Crippen molar-refractivity contribution in [2.75, 3.05) is 0 Å². The number of hydrogen-bond acceptors (Lipinski definition) is 1. The molecule has 0 radical (unpaired) electrons. The summed E-state index contributed by atoms with van der Waals surface area (Å²) in [7, 11) is 0. The van der Waals surface area contributed by atoms with Crippen LogP contribution < -0.4 is 0 Å². The second-order valence-corrected chi connectivity index (χ2v) is 3.53. The van der Waals surface area contributed by atoms with Crippen molar-refractivity contribution < 1.29 is 9.50 Å². The van der Waals surface area contributed by atoms with Crippen LogP contribution in [0.1, 0.15) is 11.1 Å². The van der Waals surface area contributed by atoms with Gasteiger partial charge in [-0.3, -0.25) is 0 Å². The molecule has 0 saturated carbocycles. The third-order valence-electron chi connectivity index (χ3n) is 2.19. The Labute approximate surface area is 105 Å². The van der Waals surface area contributed by atoms with Gasteiger partial charge in [0, 0.05) is 11.6 Å². The molecule has 0 aliphatic carbocycles. The lowest BCUT2D eigenvalue weighted by Gasteiger charge is -1.93. The Kier molecular flexibility index (Phi) is 3.64. The minimum Gasteiger partial charge on any atom is -0.508 e. The first-order valence-corrected chi connectivity index (χ1v) is 5.31. The number of phenols is 1.